The maximum Gasteiger partial charge on any atom is 0.318 e. The Morgan fingerprint density at radius 1 is 1.32 bits per heavy atom. The van der Waals surface area contributed by atoms with Crippen LogP contribution in [0.2, 0.25) is 0 Å². The van der Waals surface area contributed by atoms with Gasteiger partial charge in [0.15, 0.2) is 0 Å². The second-order valence-electron chi connectivity index (χ2n) is 3.48. The van der Waals surface area contributed by atoms with E-state index in [1.165, 1.54) is 24.3 Å². The zero-order valence-electron chi connectivity index (χ0n) is 9.44. The number of carboxylic acid groups (broad SMARTS) is 1. The molecule has 0 aliphatic carbocycles. The average molecular weight is 283 g/mol. The Labute approximate surface area is 107 Å². The summed E-state index contributed by atoms with van der Waals surface area (Å²) < 4.78 is 25.4. The van der Waals surface area contributed by atoms with Crippen LogP contribution in [0.15, 0.2) is 29.2 Å². The van der Waals surface area contributed by atoms with Gasteiger partial charge in [0.05, 0.1) is 4.90 Å². The van der Waals surface area contributed by atoms with E-state index in [1.807, 2.05) is 4.72 Å². The molecule has 0 aliphatic heterocycles. The monoisotopic (exact) mass is 283 g/mol. The number of carboxylic acids is 1. The van der Waals surface area contributed by atoms with Gasteiger partial charge in [-0.3, -0.25) is 4.79 Å². The molecule has 0 amide bonds. The standard InChI is InChI=1S/C9H9N5O4S/c15-8(16)5-10-19(17,18)7-3-1-6(2-4-7)9-11-13-14-12-9/h1-4,10H,5H2,(H,15,16)(H,11,12,13,14). The van der Waals surface area contributed by atoms with Gasteiger partial charge in [0.1, 0.15) is 6.54 Å². The third-order valence-corrected chi connectivity index (χ3v) is 3.60. The highest BCUT2D eigenvalue weighted by Crippen LogP contribution is 2.16. The molecule has 0 saturated carbocycles. The van der Waals surface area contributed by atoms with Crippen LogP contribution in [0.5, 0.6) is 0 Å². The molecule has 1 heterocycles. The van der Waals surface area contributed by atoms with Crippen LogP contribution < -0.4 is 4.72 Å². The molecule has 0 fully saturated rings. The fraction of sp³-hybridized carbons (Fsp3) is 0.111. The maximum atomic E-state index is 11.7. The van der Waals surface area contributed by atoms with E-state index in [1.54, 1.807) is 0 Å². The third kappa shape index (κ3) is 3.11. The lowest BCUT2D eigenvalue weighted by Crippen LogP contribution is -2.29. The molecule has 10 heteroatoms. The highest BCUT2D eigenvalue weighted by molar-refractivity contribution is 7.89. The highest BCUT2D eigenvalue weighted by Gasteiger charge is 2.15. The number of carbonyl (C=O) groups is 1. The minimum Gasteiger partial charge on any atom is -0.480 e. The maximum absolute atomic E-state index is 11.7. The summed E-state index contributed by atoms with van der Waals surface area (Å²) in [5.74, 6) is -0.922. The Morgan fingerprint density at radius 3 is 2.53 bits per heavy atom. The molecule has 9 nitrogen and oxygen atoms in total. The van der Waals surface area contributed by atoms with Gasteiger partial charge in [-0.2, -0.15) is 9.94 Å². The summed E-state index contributed by atoms with van der Waals surface area (Å²) in [7, 11) is -3.84. The molecule has 19 heavy (non-hydrogen) atoms. The zero-order chi connectivity index (χ0) is 13.9. The summed E-state index contributed by atoms with van der Waals surface area (Å²) in [4.78, 5) is 10.3. The number of benzene rings is 1. The van der Waals surface area contributed by atoms with Crippen molar-refractivity contribution < 1.29 is 18.3 Å². The molecule has 1 aromatic heterocycles. The van der Waals surface area contributed by atoms with Crippen LogP contribution in [0.25, 0.3) is 11.4 Å². The molecule has 0 atom stereocenters. The third-order valence-electron chi connectivity index (χ3n) is 2.18. The van der Waals surface area contributed by atoms with E-state index >= 15 is 0 Å². The Hall–Kier alpha value is -2.33. The molecule has 1 aromatic carbocycles. The molecule has 3 N–H and O–H groups in total. The lowest BCUT2D eigenvalue weighted by atomic mass is 10.2. The van der Waals surface area contributed by atoms with Gasteiger partial charge in [-0.15, -0.1) is 10.2 Å². The van der Waals surface area contributed by atoms with Gasteiger partial charge in [-0.05, 0) is 29.5 Å². The lowest BCUT2D eigenvalue weighted by Gasteiger charge is -2.04. The first kappa shape index (κ1) is 13.1. The van der Waals surface area contributed by atoms with E-state index in [-0.39, 0.29) is 4.90 Å². The Bertz CT molecular complexity index is 665. The predicted molar refractivity (Wildman–Crippen MR) is 62.4 cm³/mol. The average Bonchev–Trinajstić information content (AvgIpc) is 2.91. The van der Waals surface area contributed by atoms with E-state index in [4.69, 9.17) is 5.11 Å². The van der Waals surface area contributed by atoms with E-state index in [9.17, 15) is 13.2 Å². The number of aliphatic carboxylic acids is 1. The quantitative estimate of drug-likeness (QED) is 0.654. The lowest BCUT2D eigenvalue weighted by molar-refractivity contribution is -0.135. The number of hydrogen-bond donors (Lipinski definition) is 3. The van der Waals surface area contributed by atoms with E-state index in [0.717, 1.165) is 0 Å². The van der Waals surface area contributed by atoms with Gasteiger partial charge >= 0.3 is 5.97 Å². The van der Waals surface area contributed by atoms with Gasteiger partial charge < -0.3 is 5.11 Å². The van der Waals surface area contributed by atoms with Crippen molar-refractivity contribution in [3.05, 3.63) is 24.3 Å². The first-order valence-electron chi connectivity index (χ1n) is 5.04. The number of rotatable bonds is 5. The minimum atomic E-state index is -3.84. The van der Waals surface area contributed by atoms with E-state index in [0.29, 0.717) is 11.4 Å². The smallest absolute Gasteiger partial charge is 0.318 e. The molecule has 2 rings (SSSR count). The number of aromatic nitrogens is 4. The zero-order valence-corrected chi connectivity index (χ0v) is 10.3. The van der Waals surface area contributed by atoms with Gasteiger partial charge in [-0.1, -0.05) is 0 Å². The van der Waals surface area contributed by atoms with E-state index in [2.05, 4.69) is 20.6 Å². The number of nitrogens with zero attached hydrogens (tertiary/aromatic N) is 3. The number of aromatic amines is 1. The van der Waals surface area contributed by atoms with Crippen LogP contribution in [-0.4, -0.2) is 46.7 Å². The second-order valence-corrected chi connectivity index (χ2v) is 5.25. The number of H-pyrrole nitrogens is 1. The Kier molecular flexibility index (Phi) is 3.53. The summed E-state index contributed by atoms with van der Waals surface area (Å²) in [5, 5.41) is 21.6. The summed E-state index contributed by atoms with van der Waals surface area (Å²) in [6, 6.07) is 5.66. The topological polar surface area (TPSA) is 138 Å². The summed E-state index contributed by atoms with van der Waals surface area (Å²) >= 11 is 0. The fourth-order valence-corrected chi connectivity index (χ4v) is 2.28. The molecule has 0 bridgehead atoms. The number of tetrazole rings is 1. The predicted octanol–water partition coefficient (Wildman–Crippen LogP) is -0.770. The number of hydrogen-bond acceptors (Lipinski definition) is 6. The van der Waals surface area contributed by atoms with Crippen LogP contribution in [0.3, 0.4) is 0 Å². The number of nitrogens with one attached hydrogen (secondary N) is 2. The van der Waals surface area contributed by atoms with Crippen molar-refractivity contribution >= 4 is 16.0 Å². The van der Waals surface area contributed by atoms with Crippen LogP contribution in [0.4, 0.5) is 0 Å². The second kappa shape index (κ2) is 5.12. The molecule has 0 aliphatic rings. The molecular formula is C9H9N5O4S. The fourth-order valence-electron chi connectivity index (χ4n) is 1.31. The molecule has 0 unspecified atom stereocenters. The van der Waals surface area contributed by atoms with Crippen molar-refractivity contribution in [2.45, 2.75) is 4.90 Å². The molecule has 2 aromatic rings. The van der Waals surface area contributed by atoms with Crippen LogP contribution in [0, 0.1) is 0 Å². The molecule has 100 valence electrons. The minimum absolute atomic E-state index is 0.0407. The van der Waals surface area contributed by atoms with Crippen LogP contribution in [-0.2, 0) is 14.8 Å². The molecular weight excluding hydrogens is 274 g/mol. The van der Waals surface area contributed by atoms with Gasteiger partial charge in [0, 0.05) is 5.56 Å². The van der Waals surface area contributed by atoms with Crippen molar-refractivity contribution in [3.63, 3.8) is 0 Å². The van der Waals surface area contributed by atoms with Gasteiger partial charge in [0.2, 0.25) is 15.8 Å². The normalized spacial score (nSPS) is 11.4. The van der Waals surface area contributed by atoms with Crippen molar-refractivity contribution in [2.24, 2.45) is 0 Å². The van der Waals surface area contributed by atoms with Crippen molar-refractivity contribution in [3.8, 4) is 11.4 Å². The van der Waals surface area contributed by atoms with E-state index < -0.39 is 22.5 Å². The molecule has 0 saturated heterocycles. The number of sulfonamides is 1. The first-order valence-corrected chi connectivity index (χ1v) is 6.53. The largest absolute Gasteiger partial charge is 0.480 e. The Balaban J connectivity index is 2.20. The van der Waals surface area contributed by atoms with Crippen LogP contribution in [0.1, 0.15) is 0 Å². The summed E-state index contributed by atoms with van der Waals surface area (Å²) in [6.45, 7) is -0.672. The van der Waals surface area contributed by atoms with Gasteiger partial charge in [0.25, 0.3) is 0 Å². The van der Waals surface area contributed by atoms with Crippen LogP contribution >= 0.6 is 0 Å². The summed E-state index contributed by atoms with van der Waals surface area (Å²) in [5.41, 5.74) is 0.589. The van der Waals surface area contributed by atoms with Crippen molar-refractivity contribution in [1.82, 2.24) is 25.3 Å². The highest BCUT2D eigenvalue weighted by atomic mass is 32.2. The van der Waals surface area contributed by atoms with Gasteiger partial charge in [-0.25, -0.2) is 8.42 Å². The Morgan fingerprint density at radius 2 is 2.00 bits per heavy atom. The molecule has 0 spiro atoms. The first-order chi connectivity index (χ1) is 8.99. The summed E-state index contributed by atoms with van der Waals surface area (Å²) in [6.07, 6.45) is 0. The SMILES string of the molecule is O=C(O)CNS(=O)(=O)c1ccc(-c2nn[nH]n2)cc1. The molecule has 0 radical (unpaired) electrons. The van der Waals surface area contributed by atoms with Crippen molar-refractivity contribution in [2.75, 3.05) is 6.54 Å². The van der Waals surface area contributed by atoms with Crippen molar-refractivity contribution in [1.29, 1.82) is 0 Å².